The lowest BCUT2D eigenvalue weighted by molar-refractivity contribution is 0.287. The molecule has 2 heterocycles. The number of nitrogens with one attached hydrogen (secondary N) is 1. The second-order valence-corrected chi connectivity index (χ2v) is 6.95. The van der Waals surface area contributed by atoms with Crippen LogP contribution in [0.4, 0.5) is 0 Å². The topological polar surface area (TPSA) is 29.9 Å². The van der Waals surface area contributed by atoms with Gasteiger partial charge in [0.25, 0.3) is 0 Å². The van der Waals surface area contributed by atoms with Crippen molar-refractivity contribution in [2.24, 2.45) is 5.92 Å². The molecule has 4 heteroatoms. The van der Waals surface area contributed by atoms with Crippen LogP contribution in [0.25, 0.3) is 11.0 Å². The molecular weight excluding hydrogens is 282 g/mol. The monoisotopic (exact) mass is 303 g/mol. The largest absolute Gasteiger partial charge is 0.324 e. The Hall–Kier alpha value is -1.06. The summed E-state index contributed by atoms with van der Waals surface area (Å²) in [4.78, 5) is 4.94. The molecule has 2 aliphatic rings. The maximum atomic E-state index is 6.14. The number of benzene rings is 1. The number of fused-ring (bicyclic) bond motifs is 1. The number of hydrogen-bond donors (Lipinski definition) is 1. The molecular formula is C17H22ClN3. The molecule has 21 heavy (non-hydrogen) atoms. The third-order valence-electron chi connectivity index (χ3n) is 4.99. The number of rotatable bonds is 3. The van der Waals surface area contributed by atoms with Crippen molar-refractivity contribution in [3.63, 3.8) is 0 Å². The van der Waals surface area contributed by atoms with Crippen LogP contribution < -0.4 is 5.32 Å². The molecule has 1 aliphatic heterocycles. The highest BCUT2D eigenvalue weighted by molar-refractivity contribution is 6.31. The van der Waals surface area contributed by atoms with Crippen molar-refractivity contribution < 1.29 is 0 Å². The predicted octanol–water partition coefficient (Wildman–Crippen LogP) is 4.48. The highest BCUT2D eigenvalue weighted by atomic mass is 35.5. The fraction of sp³-hybridized carbons (Fsp3) is 0.588. The molecule has 1 aromatic heterocycles. The van der Waals surface area contributed by atoms with E-state index < -0.39 is 0 Å². The van der Waals surface area contributed by atoms with Gasteiger partial charge in [-0.25, -0.2) is 4.98 Å². The standard InChI is InChI=1S/C17H22ClN3/c1-2-11-7-8-19-15(9-11)17-20-14-10-12(18)3-6-16(14)21(17)13-4-5-13/h3,6,10-11,13,15,19H,2,4-5,7-9H2,1H3. The van der Waals surface area contributed by atoms with Crippen LogP contribution in [0.2, 0.25) is 5.02 Å². The lowest BCUT2D eigenvalue weighted by Crippen LogP contribution is -2.33. The number of halogens is 1. The van der Waals surface area contributed by atoms with E-state index in [1.165, 1.54) is 43.4 Å². The van der Waals surface area contributed by atoms with E-state index in [1.54, 1.807) is 0 Å². The molecule has 0 radical (unpaired) electrons. The zero-order valence-corrected chi connectivity index (χ0v) is 13.2. The molecule has 1 saturated carbocycles. The van der Waals surface area contributed by atoms with Gasteiger partial charge in [0.2, 0.25) is 0 Å². The molecule has 2 fully saturated rings. The first-order valence-corrected chi connectivity index (χ1v) is 8.55. The highest BCUT2D eigenvalue weighted by Gasteiger charge is 2.32. The van der Waals surface area contributed by atoms with Crippen LogP contribution >= 0.6 is 11.6 Å². The summed E-state index contributed by atoms with van der Waals surface area (Å²) < 4.78 is 2.47. The van der Waals surface area contributed by atoms with Gasteiger partial charge in [-0.3, -0.25) is 0 Å². The minimum atomic E-state index is 0.399. The van der Waals surface area contributed by atoms with Gasteiger partial charge in [0, 0.05) is 11.1 Å². The van der Waals surface area contributed by atoms with Crippen molar-refractivity contribution >= 4 is 22.6 Å². The summed E-state index contributed by atoms with van der Waals surface area (Å²) in [5, 5.41) is 4.46. The van der Waals surface area contributed by atoms with Crippen LogP contribution in [0, 0.1) is 5.92 Å². The van der Waals surface area contributed by atoms with Crippen molar-refractivity contribution in [1.82, 2.24) is 14.9 Å². The Kier molecular flexibility index (Phi) is 3.43. The molecule has 3 nitrogen and oxygen atoms in total. The summed E-state index contributed by atoms with van der Waals surface area (Å²) in [6.07, 6.45) is 6.34. The maximum absolute atomic E-state index is 6.14. The molecule has 1 N–H and O–H groups in total. The SMILES string of the molecule is CCC1CCNC(c2nc3cc(Cl)ccc3n2C2CC2)C1. The molecule has 4 rings (SSSR count). The Morgan fingerprint density at radius 1 is 1.33 bits per heavy atom. The van der Waals surface area contributed by atoms with Gasteiger partial charge < -0.3 is 9.88 Å². The van der Waals surface area contributed by atoms with E-state index in [0.29, 0.717) is 12.1 Å². The second-order valence-electron chi connectivity index (χ2n) is 6.51. The summed E-state index contributed by atoms with van der Waals surface area (Å²) in [5.41, 5.74) is 2.29. The molecule has 0 bridgehead atoms. The van der Waals surface area contributed by atoms with Crippen LogP contribution in [0.5, 0.6) is 0 Å². The van der Waals surface area contributed by atoms with Crippen molar-refractivity contribution in [3.05, 3.63) is 29.0 Å². The lowest BCUT2D eigenvalue weighted by atomic mass is 9.90. The fourth-order valence-corrected chi connectivity index (χ4v) is 3.78. The van der Waals surface area contributed by atoms with Crippen LogP contribution in [0.15, 0.2) is 18.2 Å². The van der Waals surface area contributed by atoms with Gasteiger partial charge in [0.15, 0.2) is 0 Å². The molecule has 2 aromatic rings. The number of hydrogen-bond acceptors (Lipinski definition) is 2. The van der Waals surface area contributed by atoms with Crippen LogP contribution in [-0.4, -0.2) is 16.1 Å². The zero-order valence-electron chi connectivity index (χ0n) is 12.5. The van der Waals surface area contributed by atoms with Gasteiger partial charge in [-0.15, -0.1) is 0 Å². The van der Waals surface area contributed by atoms with Crippen molar-refractivity contribution in [2.75, 3.05) is 6.54 Å². The van der Waals surface area contributed by atoms with Crippen molar-refractivity contribution in [1.29, 1.82) is 0 Å². The smallest absolute Gasteiger partial charge is 0.127 e. The Bertz CT molecular complexity index is 659. The van der Waals surface area contributed by atoms with Gasteiger partial charge >= 0.3 is 0 Å². The number of nitrogens with zero attached hydrogens (tertiary/aromatic N) is 2. The molecule has 2 atom stereocenters. The van der Waals surface area contributed by atoms with E-state index in [4.69, 9.17) is 16.6 Å². The Morgan fingerprint density at radius 2 is 2.19 bits per heavy atom. The zero-order chi connectivity index (χ0) is 14.4. The molecule has 1 aliphatic carbocycles. The van der Waals surface area contributed by atoms with E-state index in [9.17, 15) is 0 Å². The number of imidazole rings is 1. The molecule has 2 unspecified atom stereocenters. The Labute approximate surface area is 130 Å². The van der Waals surface area contributed by atoms with E-state index in [1.807, 2.05) is 12.1 Å². The van der Waals surface area contributed by atoms with Crippen LogP contribution in [0.3, 0.4) is 0 Å². The maximum Gasteiger partial charge on any atom is 0.127 e. The molecule has 0 amide bonds. The Morgan fingerprint density at radius 3 is 2.95 bits per heavy atom. The van der Waals surface area contributed by atoms with E-state index >= 15 is 0 Å². The third kappa shape index (κ3) is 2.47. The lowest BCUT2D eigenvalue weighted by Gasteiger charge is -2.29. The summed E-state index contributed by atoms with van der Waals surface area (Å²) in [6.45, 7) is 3.41. The summed E-state index contributed by atoms with van der Waals surface area (Å²) >= 11 is 6.14. The highest BCUT2D eigenvalue weighted by Crippen LogP contribution is 2.41. The average Bonchev–Trinajstić information content (AvgIpc) is 3.27. The van der Waals surface area contributed by atoms with Crippen molar-refractivity contribution in [3.8, 4) is 0 Å². The normalized spacial score (nSPS) is 26.4. The third-order valence-corrected chi connectivity index (χ3v) is 5.23. The number of aromatic nitrogens is 2. The van der Waals surface area contributed by atoms with E-state index in [0.717, 1.165) is 23.0 Å². The second kappa shape index (κ2) is 5.29. The van der Waals surface area contributed by atoms with E-state index in [2.05, 4.69) is 22.9 Å². The molecule has 0 spiro atoms. The number of piperidine rings is 1. The summed E-state index contributed by atoms with van der Waals surface area (Å²) in [7, 11) is 0. The van der Waals surface area contributed by atoms with Crippen LogP contribution in [0.1, 0.15) is 56.9 Å². The molecule has 1 aromatic carbocycles. The van der Waals surface area contributed by atoms with E-state index in [-0.39, 0.29) is 0 Å². The quantitative estimate of drug-likeness (QED) is 0.906. The fourth-order valence-electron chi connectivity index (χ4n) is 3.62. The van der Waals surface area contributed by atoms with Gasteiger partial charge in [0.1, 0.15) is 5.82 Å². The minimum Gasteiger partial charge on any atom is -0.324 e. The molecule has 112 valence electrons. The summed E-state index contributed by atoms with van der Waals surface area (Å²) in [5.74, 6) is 2.06. The van der Waals surface area contributed by atoms with Crippen LogP contribution in [-0.2, 0) is 0 Å². The summed E-state index contributed by atoms with van der Waals surface area (Å²) in [6, 6.07) is 7.16. The first-order valence-electron chi connectivity index (χ1n) is 8.17. The first-order chi connectivity index (χ1) is 10.3. The first kappa shape index (κ1) is 13.6. The van der Waals surface area contributed by atoms with Gasteiger partial charge in [0.05, 0.1) is 17.1 Å². The average molecular weight is 304 g/mol. The van der Waals surface area contributed by atoms with Gasteiger partial charge in [-0.05, 0) is 56.3 Å². The van der Waals surface area contributed by atoms with Gasteiger partial charge in [-0.1, -0.05) is 24.9 Å². The van der Waals surface area contributed by atoms with Crippen molar-refractivity contribution in [2.45, 2.75) is 51.1 Å². The Balaban J connectivity index is 1.78. The predicted molar refractivity (Wildman–Crippen MR) is 86.8 cm³/mol. The molecule has 1 saturated heterocycles. The minimum absolute atomic E-state index is 0.399. The van der Waals surface area contributed by atoms with Gasteiger partial charge in [-0.2, -0.15) is 0 Å².